The molecule has 0 N–H and O–H groups in total. The van der Waals surface area contributed by atoms with E-state index in [-0.39, 0.29) is 24.1 Å². The smallest absolute Gasteiger partial charge is 0.311 e. The van der Waals surface area contributed by atoms with Gasteiger partial charge in [0.05, 0.1) is 24.7 Å². The molecule has 0 aliphatic carbocycles. The van der Waals surface area contributed by atoms with E-state index in [1.165, 1.54) is 0 Å². The SMILES string of the molecule is CCOC(=O)[C@@H](C)[C@@H]1OCC[C@H]1OC. The molecule has 0 amide bonds. The molecule has 0 bridgehead atoms. The van der Waals surface area contributed by atoms with Gasteiger partial charge in [0.15, 0.2) is 0 Å². The van der Waals surface area contributed by atoms with Crippen molar-refractivity contribution in [2.45, 2.75) is 32.5 Å². The van der Waals surface area contributed by atoms with Gasteiger partial charge in [0, 0.05) is 13.7 Å². The number of carbonyl (C=O) groups excluding carboxylic acids is 1. The maximum absolute atomic E-state index is 11.4. The molecule has 0 saturated carbocycles. The molecule has 14 heavy (non-hydrogen) atoms. The predicted octanol–water partition coefficient (Wildman–Crippen LogP) is 0.990. The Kier molecular flexibility index (Phi) is 4.35. The van der Waals surface area contributed by atoms with Crippen molar-refractivity contribution in [1.29, 1.82) is 0 Å². The average Bonchev–Trinajstić information content (AvgIpc) is 2.64. The maximum Gasteiger partial charge on any atom is 0.311 e. The van der Waals surface area contributed by atoms with Gasteiger partial charge in [0.1, 0.15) is 0 Å². The number of rotatable bonds is 4. The van der Waals surface area contributed by atoms with E-state index in [1.54, 1.807) is 14.0 Å². The summed E-state index contributed by atoms with van der Waals surface area (Å²) in [4.78, 5) is 11.4. The van der Waals surface area contributed by atoms with Crippen LogP contribution >= 0.6 is 0 Å². The molecule has 4 nitrogen and oxygen atoms in total. The van der Waals surface area contributed by atoms with E-state index in [2.05, 4.69) is 0 Å². The highest BCUT2D eigenvalue weighted by Crippen LogP contribution is 2.23. The van der Waals surface area contributed by atoms with Crippen LogP contribution in [-0.2, 0) is 19.0 Å². The van der Waals surface area contributed by atoms with Crippen molar-refractivity contribution in [1.82, 2.24) is 0 Å². The number of carbonyl (C=O) groups is 1. The second kappa shape index (κ2) is 5.32. The van der Waals surface area contributed by atoms with Crippen LogP contribution in [0.25, 0.3) is 0 Å². The van der Waals surface area contributed by atoms with Crippen LogP contribution in [0.2, 0.25) is 0 Å². The molecule has 0 unspecified atom stereocenters. The minimum absolute atomic E-state index is 0.0226. The number of methoxy groups -OCH3 is 1. The fraction of sp³-hybridized carbons (Fsp3) is 0.900. The van der Waals surface area contributed by atoms with Crippen molar-refractivity contribution in [3.63, 3.8) is 0 Å². The Morgan fingerprint density at radius 1 is 1.64 bits per heavy atom. The Balaban J connectivity index is 2.50. The van der Waals surface area contributed by atoms with Gasteiger partial charge in [-0.05, 0) is 20.3 Å². The minimum Gasteiger partial charge on any atom is -0.466 e. The average molecular weight is 202 g/mol. The molecule has 1 aliphatic heterocycles. The minimum atomic E-state index is -0.248. The summed E-state index contributed by atoms with van der Waals surface area (Å²) in [6.45, 7) is 4.69. The predicted molar refractivity (Wildman–Crippen MR) is 51.0 cm³/mol. The molecule has 0 spiro atoms. The first-order chi connectivity index (χ1) is 6.70. The van der Waals surface area contributed by atoms with Gasteiger partial charge in [-0.1, -0.05) is 0 Å². The van der Waals surface area contributed by atoms with E-state index in [0.717, 1.165) is 6.42 Å². The monoisotopic (exact) mass is 202 g/mol. The lowest BCUT2D eigenvalue weighted by atomic mass is 10.00. The molecule has 1 heterocycles. The number of esters is 1. The molecule has 0 aromatic rings. The molecule has 1 aliphatic rings. The first-order valence-electron chi connectivity index (χ1n) is 5.01. The number of hydrogen-bond donors (Lipinski definition) is 0. The zero-order valence-corrected chi connectivity index (χ0v) is 8.99. The highest BCUT2D eigenvalue weighted by molar-refractivity contribution is 5.72. The van der Waals surface area contributed by atoms with Gasteiger partial charge in [-0.3, -0.25) is 4.79 Å². The van der Waals surface area contributed by atoms with E-state index in [4.69, 9.17) is 14.2 Å². The van der Waals surface area contributed by atoms with Crippen LogP contribution in [-0.4, -0.2) is 38.5 Å². The van der Waals surface area contributed by atoms with Gasteiger partial charge >= 0.3 is 5.97 Å². The summed E-state index contributed by atoms with van der Waals surface area (Å²) in [5.41, 5.74) is 0. The summed E-state index contributed by atoms with van der Waals surface area (Å²) in [6, 6.07) is 0. The quantitative estimate of drug-likeness (QED) is 0.638. The van der Waals surface area contributed by atoms with Crippen molar-refractivity contribution in [3.8, 4) is 0 Å². The van der Waals surface area contributed by atoms with Gasteiger partial charge in [0.2, 0.25) is 0 Å². The molecule has 82 valence electrons. The van der Waals surface area contributed by atoms with E-state index in [9.17, 15) is 4.79 Å². The molecular weight excluding hydrogens is 184 g/mol. The normalized spacial score (nSPS) is 28.8. The van der Waals surface area contributed by atoms with Gasteiger partial charge in [-0.15, -0.1) is 0 Å². The number of ether oxygens (including phenoxy) is 3. The summed E-state index contributed by atoms with van der Waals surface area (Å²) in [6.07, 6.45) is 0.721. The van der Waals surface area contributed by atoms with Gasteiger partial charge in [0.25, 0.3) is 0 Å². The van der Waals surface area contributed by atoms with Crippen molar-refractivity contribution < 1.29 is 19.0 Å². The van der Waals surface area contributed by atoms with E-state index < -0.39 is 0 Å². The molecule has 3 atom stereocenters. The van der Waals surface area contributed by atoms with Crippen LogP contribution in [0, 0.1) is 5.92 Å². The van der Waals surface area contributed by atoms with Crippen LogP contribution in [0.5, 0.6) is 0 Å². The van der Waals surface area contributed by atoms with Gasteiger partial charge in [-0.2, -0.15) is 0 Å². The highest BCUT2D eigenvalue weighted by atomic mass is 16.6. The fourth-order valence-electron chi connectivity index (χ4n) is 1.72. The third-order valence-electron chi connectivity index (χ3n) is 2.53. The third kappa shape index (κ3) is 2.45. The Hall–Kier alpha value is -0.610. The molecule has 0 aromatic heterocycles. The van der Waals surface area contributed by atoms with Crippen molar-refractivity contribution in [2.24, 2.45) is 5.92 Å². The highest BCUT2D eigenvalue weighted by Gasteiger charge is 2.36. The van der Waals surface area contributed by atoms with Crippen LogP contribution in [0.3, 0.4) is 0 Å². The Morgan fingerprint density at radius 3 is 2.93 bits per heavy atom. The molecule has 1 fully saturated rings. The van der Waals surface area contributed by atoms with E-state index in [1.807, 2.05) is 6.92 Å². The van der Waals surface area contributed by atoms with E-state index in [0.29, 0.717) is 13.2 Å². The molecular formula is C10H18O4. The second-order valence-electron chi connectivity index (χ2n) is 3.44. The van der Waals surface area contributed by atoms with Gasteiger partial charge in [-0.25, -0.2) is 0 Å². The summed E-state index contributed by atoms with van der Waals surface area (Å²) >= 11 is 0. The molecule has 1 rings (SSSR count). The first kappa shape index (κ1) is 11.5. The summed E-state index contributed by atoms with van der Waals surface area (Å²) in [5.74, 6) is -0.455. The molecule has 1 saturated heterocycles. The zero-order valence-electron chi connectivity index (χ0n) is 8.99. The lowest BCUT2D eigenvalue weighted by Crippen LogP contribution is -2.35. The van der Waals surface area contributed by atoms with E-state index >= 15 is 0 Å². The first-order valence-corrected chi connectivity index (χ1v) is 5.01. The van der Waals surface area contributed by atoms with Crippen LogP contribution in [0.1, 0.15) is 20.3 Å². The largest absolute Gasteiger partial charge is 0.466 e. The number of hydrogen-bond acceptors (Lipinski definition) is 4. The zero-order chi connectivity index (χ0) is 10.6. The van der Waals surface area contributed by atoms with Crippen molar-refractivity contribution in [2.75, 3.05) is 20.3 Å². The summed E-state index contributed by atoms with van der Waals surface area (Å²) in [7, 11) is 1.64. The lowest BCUT2D eigenvalue weighted by Gasteiger charge is -2.22. The molecule has 0 aromatic carbocycles. The topological polar surface area (TPSA) is 44.8 Å². The van der Waals surface area contributed by atoms with Gasteiger partial charge < -0.3 is 14.2 Å². The maximum atomic E-state index is 11.4. The lowest BCUT2D eigenvalue weighted by molar-refractivity contribution is -0.154. The Morgan fingerprint density at radius 2 is 2.36 bits per heavy atom. The molecule has 4 heteroatoms. The third-order valence-corrected chi connectivity index (χ3v) is 2.53. The second-order valence-corrected chi connectivity index (χ2v) is 3.44. The standard InChI is InChI=1S/C10H18O4/c1-4-13-10(11)7(2)9-8(12-3)5-6-14-9/h7-9H,4-6H2,1-3H3/t7-,8+,9-/m0/s1. The van der Waals surface area contributed by atoms with Crippen LogP contribution < -0.4 is 0 Å². The van der Waals surface area contributed by atoms with Crippen LogP contribution in [0.15, 0.2) is 0 Å². The van der Waals surface area contributed by atoms with Crippen molar-refractivity contribution >= 4 is 5.97 Å². The van der Waals surface area contributed by atoms with Crippen molar-refractivity contribution in [3.05, 3.63) is 0 Å². The van der Waals surface area contributed by atoms with Crippen LogP contribution in [0.4, 0.5) is 0 Å². The summed E-state index contributed by atoms with van der Waals surface area (Å²) in [5, 5.41) is 0. The Labute approximate surface area is 84.5 Å². The Bertz CT molecular complexity index is 193. The molecule has 0 radical (unpaired) electrons. The fourth-order valence-corrected chi connectivity index (χ4v) is 1.72. The summed E-state index contributed by atoms with van der Waals surface area (Å²) < 4.78 is 15.6.